The normalized spacial score (nSPS) is 24.3. The Morgan fingerprint density at radius 3 is 2.68 bits per heavy atom. The number of piperidine rings is 1. The molecule has 0 spiro atoms. The van der Waals surface area contributed by atoms with Gasteiger partial charge in [-0.2, -0.15) is 0 Å². The van der Waals surface area contributed by atoms with E-state index in [1.165, 1.54) is 32.4 Å². The molecule has 4 rings (SSSR count). The molecule has 1 amide bonds. The van der Waals surface area contributed by atoms with Crippen molar-refractivity contribution in [3.8, 4) is 0 Å². The van der Waals surface area contributed by atoms with Gasteiger partial charge in [0.1, 0.15) is 0 Å². The summed E-state index contributed by atoms with van der Waals surface area (Å²) in [7, 11) is 0. The molecule has 1 aromatic heterocycles. The number of fused-ring (bicyclic) bond motifs is 1. The molecule has 5 heteroatoms. The minimum Gasteiger partial charge on any atom is -0.334 e. The van der Waals surface area contributed by atoms with Crippen molar-refractivity contribution in [2.45, 2.75) is 63.8 Å². The molecule has 1 unspecified atom stereocenters. The molecule has 1 aromatic rings. The standard InChI is InChI=1S/C20H29N3O2/c24-19-13-17(16-8-2-3-9-18(16)21-19)20(25)23-12-6-7-15(23)14-22-10-4-1-5-11-22/h13,15H,1-12,14H2,(H,21,24). The lowest BCUT2D eigenvalue weighted by molar-refractivity contribution is 0.0688. The predicted octanol–water partition coefficient (Wildman–Crippen LogP) is 2.34. The average molecular weight is 343 g/mol. The number of aromatic nitrogens is 1. The SMILES string of the molecule is O=C(c1cc(=O)[nH]c2c1CCCC2)N1CCCC1CN1CCCCC1. The zero-order valence-corrected chi connectivity index (χ0v) is 15.1. The maximum absolute atomic E-state index is 13.3. The summed E-state index contributed by atoms with van der Waals surface area (Å²) in [6.45, 7) is 4.16. The summed E-state index contributed by atoms with van der Waals surface area (Å²) in [6.07, 6.45) is 10.1. The van der Waals surface area contributed by atoms with Crippen LogP contribution in [0.25, 0.3) is 0 Å². The van der Waals surface area contributed by atoms with E-state index in [1.807, 2.05) is 0 Å². The van der Waals surface area contributed by atoms with E-state index >= 15 is 0 Å². The number of rotatable bonds is 3. The third-order valence-electron chi connectivity index (χ3n) is 6.13. The summed E-state index contributed by atoms with van der Waals surface area (Å²) in [5, 5.41) is 0. The molecule has 1 aliphatic carbocycles. The number of hydrogen-bond acceptors (Lipinski definition) is 3. The van der Waals surface area contributed by atoms with E-state index in [4.69, 9.17) is 0 Å². The molecule has 0 aromatic carbocycles. The Bertz CT molecular complexity index is 691. The number of carbonyl (C=O) groups is 1. The Kier molecular flexibility index (Phi) is 4.93. The van der Waals surface area contributed by atoms with Crippen LogP contribution in [-0.2, 0) is 12.8 Å². The number of aromatic amines is 1. The summed E-state index contributed by atoms with van der Waals surface area (Å²) < 4.78 is 0. The van der Waals surface area contributed by atoms with Crippen molar-refractivity contribution in [2.75, 3.05) is 26.2 Å². The quantitative estimate of drug-likeness (QED) is 0.916. The van der Waals surface area contributed by atoms with Crippen LogP contribution in [0, 0.1) is 0 Å². The van der Waals surface area contributed by atoms with Gasteiger partial charge in [-0.15, -0.1) is 0 Å². The molecule has 2 saturated heterocycles. The molecule has 0 saturated carbocycles. The largest absolute Gasteiger partial charge is 0.334 e. The third kappa shape index (κ3) is 3.52. The van der Waals surface area contributed by atoms with Crippen molar-refractivity contribution in [2.24, 2.45) is 0 Å². The van der Waals surface area contributed by atoms with Gasteiger partial charge in [0, 0.05) is 36.5 Å². The first-order valence-corrected chi connectivity index (χ1v) is 10.0. The maximum atomic E-state index is 13.3. The van der Waals surface area contributed by atoms with E-state index in [1.54, 1.807) is 6.07 Å². The topological polar surface area (TPSA) is 56.4 Å². The monoisotopic (exact) mass is 343 g/mol. The molecule has 1 N–H and O–H groups in total. The van der Waals surface area contributed by atoms with Crippen molar-refractivity contribution < 1.29 is 4.79 Å². The second-order valence-electron chi connectivity index (χ2n) is 7.87. The van der Waals surface area contributed by atoms with Crippen LogP contribution in [0.15, 0.2) is 10.9 Å². The van der Waals surface area contributed by atoms with Gasteiger partial charge >= 0.3 is 0 Å². The number of amides is 1. The van der Waals surface area contributed by atoms with Crippen LogP contribution in [0.5, 0.6) is 0 Å². The van der Waals surface area contributed by atoms with Crippen LogP contribution in [0.3, 0.4) is 0 Å². The molecule has 3 aliphatic rings. The number of aryl methyl sites for hydroxylation is 1. The van der Waals surface area contributed by atoms with E-state index in [-0.39, 0.29) is 11.5 Å². The van der Waals surface area contributed by atoms with Crippen LogP contribution in [-0.4, -0.2) is 52.9 Å². The van der Waals surface area contributed by atoms with E-state index < -0.39 is 0 Å². The van der Waals surface area contributed by atoms with Gasteiger partial charge in [0.05, 0.1) is 0 Å². The van der Waals surface area contributed by atoms with E-state index in [2.05, 4.69) is 14.8 Å². The molecular weight excluding hydrogens is 314 g/mol. The van der Waals surface area contributed by atoms with Crippen LogP contribution < -0.4 is 5.56 Å². The number of H-pyrrole nitrogens is 1. The molecule has 2 aliphatic heterocycles. The van der Waals surface area contributed by atoms with Crippen LogP contribution in [0.1, 0.15) is 66.6 Å². The molecular formula is C20H29N3O2. The lowest BCUT2D eigenvalue weighted by atomic mass is 9.91. The van der Waals surface area contributed by atoms with E-state index in [9.17, 15) is 9.59 Å². The van der Waals surface area contributed by atoms with Crippen molar-refractivity contribution in [3.05, 3.63) is 33.2 Å². The molecule has 5 nitrogen and oxygen atoms in total. The number of likely N-dealkylation sites (tertiary alicyclic amines) is 2. The third-order valence-corrected chi connectivity index (χ3v) is 6.13. The van der Waals surface area contributed by atoms with E-state index in [0.717, 1.165) is 62.9 Å². The highest BCUT2D eigenvalue weighted by molar-refractivity contribution is 5.96. The number of carbonyl (C=O) groups excluding carboxylic acids is 1. The number of nitrogens with one attached hydrogen (secondary N) is 1. The lowest BCUT2D eigenvalue weighted by Gasteiger charge is -2.33. The van der Waals surface area contributed by atoms with Crippen molar-refractivity contribution in [3.63, 3.8) is 0 Å². The summed E-state index contributed by atoms with van der Waals surface area (Å²) in [4.78, 5) is 32.9. The summed E-state index contributed by atoms with van der Waals surface area (Å²) in [6, 6.07) is 1.85. The maximum Gasteiger partial charge on any atom is 0.254 e. The highest BCUT2D eigenvalue weighted by Gasteiger charge is 2.33. The van der Waals surface area contributed by atoms with Gasteiger partial charge in [0.25, 0.3) is 5.91 Å². The smallest absolute Gasteiger partial charge is 0.254 e. The first kappa shape index (κ1) is 16.8. The second-order valence-corrected chi connectivity index (χ2v) is 7.87. The van der Waals surface area contributed by atoms with Gasteiger partial charge in [0.15, 0.2) is 0 Å². The van der Waals surface area contributed by atoms with Gasteiger partial charge in [-0.3, -0.25) is 9.59 Å². The number of nitrogens with zero attached hydrogens (tertiary/aromatic N) is 2. The minimum atomic E-state index is -0.129. The van der Waals surface area contributed by atoms with Crippen molar-refractivity contribution in [1.29, 1.82) is 0 Å². The fraction of sp³-hybridized carbons (Fsp3) is 0.700. The van der Waals surface area contributed by atoms with Crippen molar-refractivity contribution in [1.82, 2.24) is 14.8 Å². The molecule has 0 radical (unpaired) electrons. The molecule has 3 heterocycles. The Labute approximate surface area is 149 Å². The van der Waals surface area contributed by atoms with Gasteiger partial charge in [0.2, 0.25) is 5.56 Å². The van der Waals surface area contributed by atoms with Crippen LogP contribution >= 0.6 is 0 Å². The average Bonchev–Trinajstić information content (AvgIpc) is 3.09. The number of hydrogen-bond donors (Lipinski definition) is 1. The molecule has 1 atom stereocenters. The fourth-order valence-electron chi connectivity index (χ4n) is 4.82. The Morgan fingerprint density at radius 1 is 1.04 bits per heavy atom. The number of pyridine rings is 1. The van der Waals surface area contributed by atoms with Crippen molar-refractivity contribution >= 4 is 5.91 Å². The van der Waals surface area contributed by atoms with Gasteiger partial charge in [-0.1, -0.05) is 6.42 Å². The first-order chi connectivity index (χ1) is 12.2. The predicted molar refractivity (Wildman–Crippen MR) is 98.1 cm³/mol. The van der Waals surface area contributed by atoms with Gasteiger partial charge < -0.3 is 14.8 Å². The van der Waals surface area contributed by atoms with Crippen LogP contribution in [0.4, 0.5) is 0 Å². The molecule has 25 heavy (non-hydrogen) atoms. The Morgan fingerprint density at radius 2 is 1.84 bits per heavy atom. The molecule has 0 bridgehead atoms. The summed E-state index contributed by atoms with van der Waals surface area (Å²) >= 11 is 0. The summed E-state index contributed by atoms with van der Waals surface area (Å²) in [5.41, 5.74) is 2.63. The highest BCUT2D eigenvalue weighted by Crippen LogP contribution is 2.26. The zero-order valence-electron chi connectivity index (χ0n) is 15.1. The summed E-state index contributed by atoms with van der Waals surface area (Å²) in [5.74, 6) is 0.0868. The Balaban J connectivity index is 1.55. The molecule has 2 fully saturated rings. The van der Waals surface area contributed by atoms with Crippen LogP contribution in [0.2, 0.25) is 0 Å². The lowest BCUT2D eigenvalue weighted by Crippen LogP contribution is -2.45. The second kappa shape index (κ2) is 7.32. The minimum absolute atomic E-state index is 0.0868. The zero-order chi connectivity index (χ0) is 17.2. The van der Waals surface area contributed by atoms with Gasteiger partial charge in [-0.05, 0) is 70.0 Å². The Hall–Kier alpha value is -1.62. The fourth-order valence-corrected chi connectivity index (χ4v) is 4.82. The molecule has 136 valence electrons. The van der Waals surface area contributed by atoms with Gasteiger partial charge in [-0.25, -0.2) is 0 Å². The first-order valence-electron chi connectivity index (χ1n) is 10.0. The van der Waals surface area contributed by atoms with E-state index in [0.29, 0.717) is 11.6 Å². The highest BCUT2D eigenvalue weighted by atomic mass is 16.2.